The lowest BCUT2D eigenvalue weighted by atomic mass is 9.85. The Bertz CT molecular complexity index is 531. The molecule has 0 atom stereocenters. The number of benzene rings is 1. The zero-order valence-corrected chi connectivity index (χ0v) is 10.6. The minimum atomic E-state index is -0.347. The van der Waals surface area contributed by atoms with Crippen LogP contribution in [0.15, 0.2) is 27.2 Å². The van der Waals surface area contributed by atoms with Gasteiger partial charge in [0.15, 0.2) is 0 Å². The Kier molecular flexibility index (Phi) is 2.70. The van der Waals surface area contributed by atoms with E-state index in [1.165, 1.54) is 12.5 Å². The fourth-order valence-corrected chi connectivity index (χ4v) is 2.39. The summed E-state index contributed by atoms with van der Waals surface area (Å²) < 4.78 is 19.5. The number of hydrogen-bond acceptors (Lipinski definition) is 3. The van der Waals surface area contributed by atoms with Crippen LogP contribution >= 0.6 is 15.9 Å². The Morgan fingerprint density at radius 2 is 2.18 bits per heavy atom. The zero-order valence-electron chi connectivity index (χ0n) is 8.99. The second-order valence-electron chi connectivity index (χ2n) is 4.18. The highest BCUT2D eigenvalue weighted by molar-refractivity contribution is 9.10. The molecule has 1 heterocycles. The van der Waals surface area contributed by atoms with E-state index in [0.717, 1.165) is 12.8 Å². The van der Waals surface area contributed by atoms with Gasteiger partial charge in [0.05, 0.1) is 5.56 Å². The molecule has 0 N–H and O–H groups in total. The van der Waals surface area contributed by atoms with Gasteiger partial charge in [-0.15, -0.1) is 0 Å². The second-order valence-corrected chi connectivity index (χ2v) is 5.04. The number of hydrogen-bond donors (Lipinski definition) is 0. The quantitative estimate of drug-likeness (QED) is 0.843. The summed E-state index contributed by atoms with van der Waals surface area (Å²) >= 11 is 3.30. The molecule has 1 fully saturated rings. The van der Waals surface area contributed by atoms with Crippen LogP contribution in [0, 0.1) is 5.82 Å². The Morgan fingerprint density at radius 1 is 1.35 bits per heavy atom. The van der Waals surface area contributed by atoms with Crippen molar-refractivity contribution in [2.45, 2.75) is 25.2 Å². The minimum Gasteiger partial charge on any atom is -0.339 e. The van der Waals surface area contributed by atoms with Gasteiger partial charge in [0.2, 0.25) is 11.7 Å². The molecule has 1 aliphatic rings. The van der Waals surface area contributed by atoms with Crippen LogP contribution in [0.2, 0.25) is 0 Å². The first-order valence-corrected chi connectivity index (χ1v) is 6.33. The van der Waals surface area contributed by atoms with Crippen molar-refractivity contribution in [3.05, 3.63) is 34.4 Å². The van der Waals surface area contributed by atoms with Crippen LogP contribution in [0.1, 0.15) is 31.1 Å². The molecule has 17 heavy (non-hydrogen) atoms. The van der Waals surface area contributed by atoms with Crippen molar-refractivity contribution in [3.8, 4) is 11.4 Å². The first kappa shape index (κ1) is 10.9. The lowest BCUT2D eigenvalue weighted by Gasteiger charge is -2.20. The van der Waals surface area contributed by atoms with Gasteiger partial charge in [0, 0.05) is 10.4 Å². The topological polar surface area (TPSA) is 38.9 Å². The van der Waals surface area contributed by atoms with Crippen molar-refractivity contribution >= 4 is 15.9 Å². The normalized spacial score (nSPS) is 15.9. The minimum absolute atomic E-state index is 0.317. The van der Waals surface area contributed by atoms with Gasteiger partial charge in [-0.1, -0.05) is 17.6 Å². The van der Waals surface area contributed by atoms with E-state index in [2.05, 4.69) is 26.1 Å². The SMILES string of the molecule is Fc1cccc(Br)c1-c1noc(C2CCC2)n1. The first-order chi connectivity index (χ1) is 8.25. The van der Waals surface area contributed by atoms with Crippen molar-refractivity contribution in [2.75, 3.05) is 0 Å². The van der Waals surface area contributed by atoms with E-state index in [1.54, 1.807) is 12.1 Å². The van der Waals surface area contributed by atoms with Crippen LogP contribution in [0.3, 0.4) is 0 Å². The third-order valence-corrected chi connectivity index (χ3v) is 3.74. The van der Waals surface area contributed by atoms with Gasteiger partial charge in [-0.25, -0.2) is 4.39 Å². The van der Waals surface area contributed by atoms with Crippen molar-refractivity contribution < 1.29 is 8.91 Å². The Morgan fingerprint density at radius 3 is 2.82 bits per heavy atom. The molecule has 88 valence electrons. The van der Waals surface area contributed by atoms with Gasteiger partial charge in [-0.05, 0) is 40.9 Å². The van der Waals surface area contributed by atoms with E-state index in [-0.39, 0.29) is 5.82 Å². The molecule has 0 unspecified atom stereocenters. The molecule has 1 aromatic heterocycles. The molecule has 0 amide bonds. The van der Waals surface area contributed by atoms with Crippen LogP contribution in [0.4, 0.5) is 4.39 Å². The molecule has 3 rings (SSSR count). The fraction of sp³-hybridized carbons (Fsp3) is 0.333. The van der Waals surface area contributed by atoms with Gasteiger partial charge in [0.1, 0.15) is 5.82 Å². The van der Waals surface area contributed by atoms with Crippen molar-refractivity contribution in [1.29, 1.82) is 0 Å². The predicted molar refractivity (Wildman–Crippen MR) is 64.0 cm³/mol. The van der Waals surface area contributed by atoms with E-state index in [4.69, 9.17) is 4.52 Å². The third kappa shape index (κ3) is 1.88. The summed E-state index contributed by atoms with van der Waals surface area (Å²) in [5, 5.41) is 3.85. The Hall–Kier alpha value is -1.23. The largest absolute Gasteiger partial charge is 0.339 e. The van der Waals surface area contributed by atoms with Gasteiger partial charge in [-0.2, -0.15) is 4.98 Å². The molecule has 2 aromatic rings. The molecule has 0 saturated heterocycles. The average molecular weight is 297 g/mol. The summed E-state index contributed by atoms with van der Waals surface area (Å²) in [6.07, 6.45) is 3.37. The van der Waals surface area contributed by atoms with Gasteiger partial charge < -0.3 is 4.52 Å². The average Bonchev–Trinajstić information content (AvgIpc) is 2.64. The van der Waals surface area contributed by atoms with Crippen LogP contribution < -0.4 is 0 Å². The third-order valence-electron chi connectivity index (χ3n) is 3.08. The van der Waals surface area contributed by atoms with E-state index in [1.807, 2.05) is 0 Å². The van der Waals surface area contributed by atoms with Crippen LogP contribution in [0.25, 0.3) is 11.4 Å². The van der Waals surface area contributed by atoms with Crippen molar-refractivity contribution in [2.24, 2.45) is 0 Å². The standard InChI is InChI=1S/C12H10BrFN2O/c13-8-5-2-6-9(14)10(8)11-15-12(17-16-11)7-3-1-4-7/h2,5-7H,1,3-4H2. The molecule has 0 spiro atoms. The van der Waals surface area contributed by atoms with E-state index >= 15 is 0 Å². The van der Waals surface area contributed by atoms with Gasteiger partial charge >= 0.3 is 0 Å². The summed E-state index contributed by atoms with van der Waals surface area (Å²) in [6, 6.07) is 4.78. The molecule has 1 aliphatic carbocycles. The Balaban J connectivity index is 2.00. The predicted octanol–water partition coefficient (Wildman–Crippen LogP) is 3.91. The fourth-order valence-electron chi connectivity index (χ4n) is 1.87. The molecule has 0 radical (unpaired) electrons. The van der Waals surface area contributed by atoms with E-state index < -0.39 is 0 Å². The first-order valence-electron chi connectivity index (χ1n) is 5.53. The van der Waals surface area contributed by atoms with Crippen LogP contribution in [0.5, 0.6) is 0 Å². The number of rotatable bonds is 2. The lowest BCUT2D eigenvalue weighted by molar-refractivity contribution is 0.292. The maximum absolute atomic E-state index is 13.7. The number of aromatic nitrogens is 2. The van der Waals surface area contributed by atoms with Crippen LogP contribution in [-0.4, -0.2) is 10.1 Å². The summed E-state index contributed by atoms with van der Waals surface area (Å²) in [4.78, 5) is 4.28. The number of halogens is 2. The smallest absolute Gasteiger partial charge is 0.230 e. The highest BCUT2D eigenvalue weighted by Crippen LogP contribution is 2.37. The summed E-state index contributed by atoms with van der Waals surface area (Å²) in [7, 11) is 0. The monoisotopic (exact) mass is 296 g/mol. The maximum Gasteiger partial charge on any atom is 0.230 e. The molecular formula is C12H10BrFN2O. The van der Waals surface area contributed by atoms with Gasteiger partial charge in [0.25, 0.3) is 0 Å². The van der Waals surface area contributed by atoms with E-state index in [9.17, 15) is 4.39 Å². The molecule has 1 aromatic carbocycles. The molecule has 5 heteroatoms. The Labute approximate surface area is 106 Å². The number of nitrogens with zero attached hydrogens (tertiary/aromatic N) is 2. The lowest BCUT2D eigenvalue weighted by Crippen LogP contribution is -2.08. The summed E-state index contributed by atoms with van der Waals surface area (Å²) in [5.41, 5.74) is 0.363. The van der Waals surface area contributed by atoms with Gasteiger partial charge in [-0.3, -0.25) is 0 Å². The van der Waals surface area contributed by atoms with Crippen molar-refractivity contribution in [3.63, 3.8) is 0 Å². The molecule has 0 bridgehead atoms. The molecule has 1 saturated carbocycles. The molecular weight excluding hydrogens is 287 g/mol. The summed E-state index contributed by atoms with van der Waals surface area (Å²) in [6.45, 7) is 0. The zero-order chi connectivity index (χ0) is 11.8. The summed E-state index contributed by atoms with van der Waals surface area (Å²) in [5.74, 6) is 0.959. The maximum atomic E-state index is 13.7. The molecule has 3 nitrogen and oxygen atoms in total. The van der Waals surface area contributed by atoms with Crippen molar-refractivity contribution in [1.82, 2.24) is 10.1 Å². The highest BCUT2D eigenvalue weighted by atomic mass is 79.9. The van der Waals surface area contributed by atoms with E-state index in [0.29, 0.717) is 27.7 Å². The second kappa shape index (κ2) is 4.22. The molecule has 0 aliphatic heterocycles. The highest BCUT2D eigenvalue weighted by Gasteiger charge is 2.26. The van der Waals surface area contributed by atoms with Crippen LogP contribution in [-0.2, 0) is 0 Å².